The molecule has 4 heteroatoms. The Morgan fingerprint density at radius 2 is 2.00 bits per heavy atom. The van der Waals surface area contributed by atoms with Crippen LogP contribution in [0.4, 0.5) is 0 Å². The van der Waals surface area contributed by atoms with Gasteiger partial charge < -0.3 is 10.5 Å². The second-order valence-corrected chi connectivity index (χ2v) is 7.71. The van der Waals surface area contributed by atoms with Gasteiger partial charge in [-0.1, -0.05) is 22.4 Å². The Bertz CT molecular complexity index is 484. The number of hydrogen-bond donors (Lipinski definition) is 1. The molecule has 118 valence electrons. The quantitative estimate of drug-likeness (QED) is 0.868. The van der Waals surface area contributed by atoms with Crippen molar-refractivity contribution in [1.82, 2.24) is 4.90 Å². The van der Waals surface area contributed by atoms with Crippen LogP contribution in [-0.4, -0.2) is 30.1 Å². The van der Waals surface area contributed by atoms with Crippen LogP contribution < -0.4 is 10.5 Å². The van der Waals surface area contributed by atoms with Gasteiger partial charge in [0, 0.05) is 16.1 Å². The van der Waals surface area contributed by atoms with Gasteiger partial charge in [-0.2, -0.15) is 0 Å². The molecule has 2 rings (SSSR count). The van der Waals surface area contributed by atoms with E-state index in [1.165, 1.54) is 18.4 Å². The molecular formula is C17H27BrN2O. The van der Waals surface area contributed by atoms with E-state index >= 15 is 0 Å². The zero-order valence-electron chi connectivity index (χ0n) is 13.5. The molecule has 1 aromatic carbocycles. The maximum absolute atomic E-state index is 6.56. The van der Waals surface area contributed by atoms with Crippen LogP contribution in [0.2, 0.25) is 0 Å². The zero-order valence-corrected chi connectivity index (χ0v) is 15.1. The molecule has 0 aromatic heterocycles. The fourth-order valence-corrected chi connectivity index (χ4v) is 3.70. The van der Waals surface area contributed by atoms with E-state index in [9.17, 15) is 0 Å². The first-order valence-electron chi connectivity index (χ1n) is 7.70. The van der Waals surface area contributed by atoms with E-state index < -0.39 is 0 Å². The molecule has 1 aliphatic heterocycles. The first-order valence-corrected chi connectivity index (χ1v) is 8.49. The molecule has 1 saturated heterocycles. The maximum Gasteiger partial charge on any atom is 0.119 e. The number of ether oxygens (including phenoxy) is 1. The lowest BCUT2D eigenvalue weighted by Gasteiger charge is -2.43. The summed E-state index contributed by atoms with van der Waals surface area (Å²) in [7, 11) is 1.71. The summed E-state index contributed by atoms with van der Waals surface area (Å²) in [6.45, 7) is 7.90. The standard InChI is InChI=1S/C17H27BrN2O/c1-17(2,3)20-10-6-5-7-15(19)16(20)13-11-12(21-4)8-9-14(13)18/h8-9,11,15-16H,5-7,10,19H2,1-4H3. The minimum absolute atomic E-state index is 0.0924. The van der Waals surface area contributed by atoms with Gasteiger partial charge in [-0.25, -0.2) is 0 Å². The third-order valence-corrected chi connectivity index (χ3v) is 5.03. The molecule has 2 atom stereocenters. The lowest BCUT2D eigenvalue weighted by molar-refractivity contribution is 0.0750. The van der Waals surface area contributed by atoms with Crippen molar-refractivity contribution in [1.29, 1.82) is 0 Å². The summed E-state index contributed by atoms with van der Waals surface area (Å²) < 4.78 is 6.52. The van der Waals surface area contributed by atoms with E-state index in [2.05, 4.69) is 53.7 Å². The summed E-state index contributed by atoms with van der Waals surface area (Å²) in [6.07, 6.45) is 3.48. The number of nitrogens with two attached hydrogens (primary N) is 1. The summed E-state index contributed by atoms with van der Waals surface area (Å²) >= 11 is 3.70. The average molecular weight is 355 g/mol. The topological polar surface area (TPSA) is 38.5 Å². The molecule has 21 heavy (non-hydrogen) atoms. The van der Waals surface area contributed by atoms with Crippen LogP contribution in [0.1, 0.15) is 51.6 Å². The van der Waals surface area contributed by atoms with E-state index in [1.54, 1.807) is 7.11 Å². The van der Waals surface area contributed by atoms with Crippen LogP contribution in [0, 0.1) is 0 Å². The molecule has 3 nitrogen and oxygen atoms in total. The van der Waals surface area contributed by atoms with Gasteiger partial charge in [-0.05, 0) is 63.9 Å². The third-order valence-electron chi connectivity index (χ3n) is 4.31. The summed E-state index contributed by atoms with van der Waals surface area (Å²) in [6, 6.07) is 6.54. The van der Waals surface area contributed by atoms with Gasteiger partial charge in [0.05, 0.1) is 13.2 Å². The lowest BCUT2D eigenvalue weighted by atomic mass is 9.92. The average Bonchev–Trinajstić information content (AvgIpc) is 2.61. The predicted octanol–water partition coefficient (Wildman–Crippen LogP) is 4.11. The number of rotatable bonds is 2. The third kappa shape index (κ3) is 3.79. The van der Waals surface area contributed by atoms with Crippen LogP contribution >= 0.6 is 15.9 Å². The van der Waals surface area contributed by atoms with Crippen molar-refractivity contribution in [3.63, 3.8) is 0 Å². The minimum Gasteiger partial charge on any atom is -0.497 e. The molecule has 0 aliphatic carbocycles. The summed E-state index contributed by atoms with van der Waals surface area (Å²) in [4.78, 5) is 2.55. The van der Waals surface area contributed by atoms with Gasteiger partial charge in [0.15, 0.2) is 0 Å². The molecule has 2 unspecified atom stereocenters. The van der Waals surface area contributed by atoms with Gasteiger partial charge in [0.25, 0.3) is 0 Å². The van der Waals surface area contributed by atoms with Crippen molar-refractivity contribution in [3.05, 3.63) is 28.2 Å². The number of halogens is 1. The molecule has 1 fully saturated rings. The monoisotopic (exact) mass is 354 g/mol. The SMILES string of the molecule is COc1ccc(Br)c(C2C(N)CCCCN2C(C)(C)C)c1. The highest BCUT2D eigenvalue weighted by Crippen LogP contribution is 2.39. The Kier molecular flexibility index (Phi) is 5.33. The Hall–Kier alpha value is -0.580. The Morgan fingerprint density at radius 3 is 2.62 bits per heavy atom. The van der Waals surface area contributed by atoms with Gasteiger partial charge in [0.1, 0.15) is 5.75 Å². The van der Waals surface area contributed by atoms with Gasteiger partial charge >= 0.3 is 0 Å². The fraction of sp³-hybridized carbons (Fsp3) is 0.647. The van der Waals surface area contributed by atoms with E-state index in [4.69, 9.17) is 10.5 Å². The smallest absolute Gasteiger partial charge is 0.119 e. The Balaban J connectivity index is 2.48. The fourth-order valence-electron chi connectivity index (χ4n) is 3.22. The number of hydrogen-bond acceptors (Lipinski definition) is 3. The first kappa shape index (κ1) is 16.8. The molecule has 2 N–H and O–H groups in total. The highest BCUT2D eigenvalue weighted by Gasteiger charge is 2.36. The van der Waals surface area contributed by atoms with E-state index in [1.807, 2.05) is 6.07 Å². The predicted molar refractivity (Wildman–Crippen MR) is 91.7 cm³/mol. The summed E-state index contributed by atoms with van der Waals surface area (Å²) in [5.41, 5.74) is 7.88. The number of nitrogens with zero attached hydrogens (tertiary/aromatic N) is 1. The highest BCUT2D eigenvalue weighted by molar-refractivity contribution is 9.10. The van der Waals surface area contributed by atoms with E-state index in [0.717, 1.165) is 23.2 Å². The zero-order chi connectivity index (χ0) is 15.6. The molecule has 0 saturated carbocycles. The van der Waals surface area contributed by atoms with Crippen molar-refractivity contribution in [2.75, 3.05) is 13.7 Å². The summed E-state index contributed by atoms with van der Waals surface area (Å²) in [5.74, 6) is 0.888. The second-order valence-electron chi connectivity index (χ2n) is 6.86. The van der Waals surface area contributed by atoms with Crippen LogP contribution in [0.15, 0.2) is 22.7 Å². The highest BCUT2D eigenvalue weighted by atomic mass is 79.9. The molecule has 1 aromatic rings. The molecular weight excluding hydrogens is 328 g/mol. The van der Waals surface area contributed by atoms with Crippen LogP contribution in [0.25, 0.3) is 0 Å². The van der Waals surface area contributed by atoms with Crippen molar-refractivity contribution < 1.29 is 4.74 Å². The second kappa shape index (κ2) is 6.67. The summed E-state index contributed by atoms with van der Waals surface area (Å²) in [5, 5.41) is 0. The molecule has 0 radical (unpaired) electrons. The van der Waals surface area contributed by atoms with Gasteiger partial charge in [-0.3, -0.25) is 4.90 Å². The van der Waals surface area contributed by atoms with Crippen molar-refractivity contribution in [2.24, 2.45) is 5.73 Å². The van der Waals surface area contributed by atoms with E-state index in [0.29, 0.717) is 0 Å². The van der Waals surface area contributed by atoms with E-state index in [-0.39, 0.29) is 17.6 Å². The molecule has 1 heterocycles. The number of likely N-dealkylation sites (tertiary alicyclic amines) is 1. The number of methoxy groups -OCH3 is 1. The Morgan fingerprint density at radius 1 is 1.29 bits per heavy atom. The maximum atomic E-state index is 6.56. The van der Waals surface area contributed by atoms with Crippen molar-refractivity contribution in [3.8, 4) is 5.75 Å². The number of benzene rings is 1. The van der Waals surface area contributed by atoms with Crippen LogP contribution in [0.5, 0.6) is 5.75 Å². The van der Waals surface area contributed by atoms with Crippen LogP contribution in [0.3, 0.4) is 0 Å². The lowest BCUT2D eigenvalue weighted by Crippen LogP contribution is -2.49. The van der Waals surface area contributed by atoms with Crippen molar-refractivity contribution in [2.45, 2.75) is 57.7 Å². The van der Waals surface area contributed by atoms with Gasteiger partial charge in [-0.15, -0.1) is 0 Å². The Labute approximate surface area is 137 Å². The normalized spacial score (nSPS) is 24.7. The van der Waals surface area contributed by atoms with Crippen molar-refractivity contribution >= 4 is 15.9 Å². The molecule has 0 bridgehead atoms. The molecule has 0 amide bonds. The molecule has 0 spiro atoms. The first-order chi connectivity index (χ1) is 9.84. The minimum atomic E-state index is 0.0924. The van der Waals surface area contributed by atoms with Crippen LogP contribution in [-0.2, 0) is 0 Å². The molecule has 1 aliphatic rings. The van der Waals surface area contributed by atoms with Gasteiger partial charge in [0.2, 0.25) is 0 Å². The largest absolute Gasteiger partial charge is 0.497 e.